The van der Waals surface area contributed by atoms with E-state index in [9.17, 15) is 13.5 Å². The number of thiazole rings is 1. The lowest BCUT2D eigenvalue weighted by atomic mass is 9.85. The number of nitrogens with one attached hydrogen (secondary N) is 2. The molecule has 7 nitrogen and oxygen atoms in total. The Bertz CT molecular complexity index is 1080. The molecule has 2 unspecified atom stereocenters. The minimum Gasteiger partial charge on any atom is -0.495 e. The van der Waals surface area contributed by atoms with Gasteiger partial charge in [0, 0.05) is 12.1 Å². The maximum atomic E-state index is 13.3. The molecule has 0 aliphatic heterocycles. The van der Waals surface area contributed by atoms with E-state index < -0.39 is 16.1 Å². The van der Waals surface area contributed by atoms with Crippen LogP contribution in [0.2, 0.25) is 0 Å². The second-order valence-corrected chi connectivity index (χ2v) is 12.5. The zero-order valence-corrected chi connectivity index (χ0v) is 22.0. The van der Waals surface area contributed by atoms with E-state index in [1.807, 2.05) is 13.0 Å². The highest BCUT2D eigenvalue weighted by molar-refractivity contribution is 7.89. The predicted molar refractivity (Wildman–Crippen MR) is 137 cm³/mol. The molecule has 0 bridgehead atoms. The molecule has 0 amide bonds. The van der Waals surface area contributed by atoms with E-state index in [2.05, 4.69) is 17.0 Å². The van der Waals surface area contributed by atoms with Gasteiger partial charge in [0.2, 0.25) is 10.0 Å². The van der Waals surface area contributed by atoms with Crippen molar-refractivity contribution < 1.29 is 18.3 Å². The van der Waals surface area contributed by atoms with Crippen molar-refractivity contribution in [1.82, 2.24) is 9.71 Å². The number of methoxy groups -OCH3 is 1. The number of rotatable bonds is 8. The van der Waals surface area contributed by atoms with Crippen molar-refractivity contribution in [3.8, 4) is 16.2 Å². The van der Waals surface area contributed by atoms with E-state index in [4.69, 9.17) is 9.72 Å². The van der Waals surface area contributed by atoms with Crippen LogP contribution in [0.1, 0.15) is 70.4 Å². The summed E-state index contributed by atoms with van der Waals surface area (Å²) < 4.78 is 34.7. The van der Waals surface area contributed by atoms with E-state index in [1.54, 1.807) is 23.5 Å². The van der Waals surface area contributed by atoms with Crippen LogP contribution in [-0.2, 0) is 10.0 Å². The highest BCUT2D eigenvalue weighted by atomic mass is 32.2. The first kappa shape index (κ1) is 25.4. The fourth-order valence-corrected chi connectivity index (χ4v) is 7.79. The number of ether oxygens (including phenoxy) is 1. The standard InChI is InChI=1S/C25H37N3O4S2/c1-16(18-8-5-4-6-9-18)26-25-27-17(2)24(33-25)19-12-13-22(32-3)23(14-19)34(30,31)28-20-10-7-11-21(29)15-20/h12-14,16,18,20-21,28-29H,4-11,15H2,1-3H3,(H,26,27)/t16-,20?,21?/m1/s1. The quantitative estimate of drug-likeness (QED) is 0.460. The second kappa shape index (κ2) is 10.9. The molecule has 2 aromatic rings. The van der Waals surface area contributed by atoms with Crippen molar-refractivity contribution in [1.29, 1.82) is 0 Å². The van der Waals surface area contributed by atoms with Gasteiger partial charge >= 0.3 is 0 Å². The van der Waals surface area contributed by atoms with Gasteiger partial charge in [-0.1, -0.05) is 30.6 Å². The first-order valence-electron chi connectivity index (χ1n) is 12.4. The molecule has 1 aromatic heterocycles. The molecule has 2 aliphatic carbocycles. The second-order valence-electron chi connectivity index (χ2n) is 9.77. The van der Waals surface area contributed by atoms with Crippen molar-refractivity contribution in [2.24, 2.45) is 5.92 Å². The number of nitrogens with zero attached hydrogens (tertiary/aromatic N) is 1. The molecule has 3 atom stereocenters. The number of hydrogen-bond donors (Lipinski definition) is 3. The van der Waals surface area contributed by atoms with Gasteiger partial charge in [-0.2, -0.15) is 0 Å². The van der Waals surface area contributed by atoms with Crippen LogP contribution in [-0.4, -0.2) is 43.8 Å². The van der Waals surface area contributed by atoms with Gasteiger partial charge in [0.15, 0.2) is 5.13 Å². The van der Waals surface area contributed by atoms with E-state index in [1.165, 1.54) is 39.2 Å². The Morgan fingerprint density at radius 1 is 1.15 bits per heavy atom. The normalized spacial score (nSPS) is 22.9. The van der Waals surface area contributed by atoms with Crippen molar-refractivity contribution in [2.45, 2.75) is 94.7 Å². The SMILES string of the molecule is COc1ccc(-c2sc(N[C@H](C)C3CCCCC3)nc2C)cc1S(=O)(=O)NC1CCCC(O)C1. The fourth-order valence-electron chi connectivity index (χ4n) is 5.25. The van der Waals surface area contributed by atoms with Crippen molar-refractivity contribution in [3.63, 3.8) is 0 Å². The monoisotopic (exact) mass is 507 g/mol. The molecule has 188 valence electrons. The molecular formula is C25H37N3O4S2. The summed E-state index contributed by atoms with van der Waals surface area (Å²) >= 11 is 1.56. The van der Waals surface area contributed by atoms with E-state index in [0.29, 0.717) is 24.1 Å². The lowest BCUT2D eigenvalue weighted by Gasteiger charge is -2.28. The smallest absolute Gasteiger partial charge is 0.244 e. The Labute approximate surface area is 207 Å². The summed E-state index contributed by atoms with van der Waals surface area (Å²) in [4.78, 5) is 5.81. The van der Waals surface area contributed by atoms with Crippen LogP contribution in [0.3, 0.4) is 0 Å². The molecule has 34 heavy (non-hydrogen) atoms. The zero-order valence-electron chi connectivity index (χ0n) is 20.3. The summed E-state index contributed by atoms with van der Waals surface area (Å²) in [6.45, 7) is 4.20. The molecular weight excluding hydrogens is 470 g/mol. The largest absolute Gasteiger partial charge is 0.495 e. The minimum absolute atomic E-state index is 0.116. The van der Waals surface area contributed by atoms with Crippen LogP contribution in [0.4, 0.5) is 5.13 Å². The molecule has 0 saturated heterocycles. The Morgan fingerprint density at radius 3 is 2.62 bits per heavy atom. The number of aliphatic hydroxyl groups excluding tert-OH is 1. The van der Waals surface area contributed by atoms with Gasteiger partial charge in [0.05, 0.1) is 23.8 Å². The van der Waals surface area contributed by atoms with Gasteiger partial charge in [-0.3, -0.25) is 0 Å². The maximum Gasteiger partial charge on any atom is 0.244 e. The van der Waals surface area contributed by atoms with Gasteiger partial charge in [-0.05, 0) is 82.1 Å². The molecule has 1 heterocycles. The number of benzene rings is 1. The topological polar surface area (TPSA) is 101 Å². The molecule has 1 aromatic carbocycles. The Balaban J connectivity index is 1.56. The van der Waals surface area contributed by atoms with Crippen LogP contribution >= 0.6 is 11.3 Å². The lowest BCUT2D eigenvalue weighted by Crippen LogP contribution is -2.39. The maximum absolute atomic E-state index is 13.3. The molecule has 2 saturated carbocycles. The van der Waals surface area contributed by atoms with Crippen molar-refractivity contribution in [2.75, 3.05) is 12.4 Å². The Hall–Kier alpha value is -1.68. The lowest BCUT2D eigenvalue weighted by molar-refractivity contribution is 0.117. The molecule has 0 radical (unpaired) electrons. The number of aryl methyl sites for hydroxylation is 1. The van der Waals surface area contributed by atoms with Gasteiger partial charge in [-0.25, -0.2) is 18.1 Å². The summed E-state index contributed by atoms with van der Waals surface area (Å²) in [5.74, 6) is 0.975. The highest BCUT2D eigenvalue weighted by Crippen LogP contribution is 2.38. The third-order valence-corrected chi connectivity index (χ3v) is 9.87. The average molecular weight is 508 g/mol. The Kier molecular flexibility index (Phi) is 8.17. The molecule has 2 fully saturated rings. The van der Waals surface area contributed by atoms with Crippen LogP contribution in [0, 0.1) is 12.8 Å². The van der Waals surface area contributed by atoms with Crippen LogP contribution in [0.5, 0.6) is 5.75 Å². The zero-order chi connectivity index (χ0) is 24.3. The van der Waals surface area contributed by atoms with Crippen LogP contribution in [0.15, 0.2) is 23.1 Å². The number of aliphatic hydroxyl groups is 1. The first-order chi connectivity index (χ1) is 16.3. The van der Waals surface area contributed by atoms with Crippen molar-refractivity contribution in [3.05, 3.63) is 23.9 Å². The average Bonchev–Trinajstić information content (AvgIpc) is 3.18. The molecule has 4 rings (SSSR count). The summed E-state index contributed by atoms with van der Waals surface area (Å²) in [6, 6.07) is 5.35. The summed E-state index contributed by atoms with van der Waals surface area (Å²) in [5.41, 5.74) is 1.68. The molecule has 2 aliphatic rings. The van der Waals surface area contributed by atoms with Crippen LogP contribution in [0.25, 0.3) is 10.4 Å². The van der Waals surface area contributed by atoms with Crippen LogP contribution < -0.4 is 14.8 Å². The van der Waals surface area contributed by atoms with Crippen molar-refractivity contribution >= 4 is 26.5 Å². The van der Waals surface area contributed by atoms with Gasteiger partial charge in [0.1, 0.15) is 10.6 Å². The first-order valence-corrected chi connectivity index (χ1v) is 14.7. The predicted octanol–water partition coefficient (Wildman–Crippen LogP) is 5.09. The van der Waals surface area contributed by atoms with E-state index >= 15 is 0 Å². The summed E-state index contributed by atoms with van der Waals surface area (Å²) in [7, 11) is -2.34. The molecule has 9 heteroatoms. The third kappa shape index (κ3) is 5.93. The van der Waals surface area contributed by atoms with Gasteiger partial charge in [0.25, 0.3) is 0 Å². The van der Waals surface area contributed by atoms with E-state index in [-0.39, 0.29) is 10.9 Å². The summed E-state index contributed by atoms with van der Waals surface area (Å²) in [6.07, 6.45) is 8.68. The summed E-state index contributed by atoms with van der Waals surface area (Å²) in [5, 5.41) is 14.4. The Morgan fingerprint density at radius 2 is 1.91 bits per heavy atom. The number of sulfonamides is 1. The number of aromatic nitrogens is 1. The number of anilines is 1. The van der Waals surface area contributed by atoms with Gasteiger partial charge < -0.3 is 15.2 Å². The highest BCUT2D eigenvalue weighted by Gasteiger charge is 2.28. The number of hydrogen-bond acceptors (Lipinski definition) is 7. The molecule has 3 N–H and O–H groups in total. The molecule has 0 spiro atoms. The van der Waals surface area contributed by atoms with E-state index in [0.717, 1.165) is 40.5 Å². The fraction of sp³-hybridized carbons (Fsp3) is 0.640. The third-order valence-electron chi connectivity index (χ3n) is 7.19. The van der Waals surface area contributed by atoms with Gasteiger partial charge in [-0.15, -0.1) is 0 Å². The minimum atomic E-state index is -3.81.